The first-order valence-electron chi connectivity index (χ1n) is 5.62. The molecule has 1 heterocycles. The molecular weight excluding hydrogens is 222 g/mol. The van der Waals surface area contributed by atoms with Gasteiger partial charge in [0.25, 0.3) is 0 Å². The molecule has 0 saturated carbocycles. The van der Waals surface area contributed by atoms with Crippen LogP contribution in [0.4, 0.5) is 0 Å². The van der Waals surface area contributed by atoms with Gasteiger partial charge in [-0.3, -0.25) is 9.78 Å². The number of nitrogens with zero attached hydrogens (tertiary/aromatic N) is 1. The van der Waals surface area contributed by atoms with Crippen LogP contribution in [0.15, 0.2) is 11.7 Å². The molecule has 0 fully saturated rings. The monoisotopic (exact) mass is 241 g/mol. The molecule has 0 aliphatic carbocycles. The van der Waals surface area contributed by atoms with E-state index in [2.05, 4.69) is 22.5 Å². The van der Waals surface area contributed by atoms with E-state index in [-0.39, 0.29) is 11.9 Å². The van der Waals surface area contributed by atoms with Gasteiger partial charge in [-0.25, -0.2) is 0 Å². The lowest BCUT2D eigenvalue weighted by atomic mass is 10.3. The highest BCUT2D eigenvalue weighted by molar-refractivity contribution is 7.09. The fraction of sp³-hybridized carbons (Fsp3) is 0.636. The lowest BCUT2D eigenvalue weighted by Crippen LogP contribution is -2.42. The fourth-order valence-corrected chi connectivity index (χ4v) is 1.76. The molecule has 1 aromatic rings. The number of carbonyl (C=O) groups excluding carboxylic acids is 1. The van der Waals surface area contributed by atoms with Crippen molar-refractivity contribution in [3.05, 3.63) is 16.6 Å². The number of rotatable bonds is 7. The van der Waals surface area contributed by atoms with Crippen molar-refractivity contribution in [3.8, 4) is 0 Å². The summed E-state index contributed by atoms with van der Waals surface area (Å²) in [7, 11) is 0. The Bertz CT molecular complexity index is 300. The molecule has 1 unspecified atom stereocenters. The Morgan fingerprint density at radius 3 is 3.06 bits per heavy atom. The largest absolute Gasteiger partial charge is 0.355 e. The predicted octanol–water partition coefficient (Wildman–Crippen LogP) is 1.54. The number of carbonyl (C=O) groups is 1. The number of hydrogen-bond acceptors (Lipinski definition) is 4. The summed E-state index contributed by atoms with van der Waals surface area (Å²) >= 11 is 1.59. The zero-order chi connectivity index (χ0) is 11.8. The van der Waals surface area contributed by atoms with E-state index in [4.69, 9.17) is 0 Å². The number of amides is 1. The summed E-state index contributed by atoms with van der Waals surface area (Å²) in [4.78, 5) is 16.7. The standard InChI is InChI=1S/C11H19N3OS/c1-3-4-5-13-11(15)9(2)14-7-10-6-12-8-16-10/h6,8-9,14H,3-5,7H2,1-2H3,(H,13,15). The van der Waals surface area contributed by atoms with E-state index < -0.39 is 0 Å². The van der Waals surface area contributed by atoms with E-state index in [1.165, 1.54) is 0 Å². The molecule has 5 heteroatoms. The second kappa shape index (κ2) is 7.35. The summed E-state index contributed by atoms with van der Waals surface area (Å²) in [5.74, 6) is 0.0676. The molecule has 1 rings (SSSR count). The first kappa shape index (κ1) is 13.1. The van der Waals surface area contributed by atoms with Crippen LogP contribution in [0.3, 0.4) is 0 Å². The number of thiazole rings is 1. The zero-order valence-corrected chi connectivity index (χ0v) is 10.6. The molecule has 1 amide bonds. The lowest BCUT2D eigenvalue weighted by molar-refractivity contribution is -0.122. The van der Waals surface area contributed by atoms with Crippen molar-refractivity contribution in [1.29, 1.82) is 0 Å². The Morgan fingerprint density at radius 1 is 1.62 bits per heavy atom. The summed E-state index contributed by atoms with van der Waals surface area (Å²) in [5, 5.41) is 6.07. The summed E-state index contributed by atoms with van der Waals surface area (Å²) in [5.41, 5.74) is 1.79. The minimum absolute atomic E-state index is 0.0676. The van der Waals surface area contributed by atoms with Crippen molar-refractivity contribution in [2.24, 2.45) is 0 Å². The Balaban J connectivity index is 2.18. The SMILES string of the molecule is CCCCNC(=O)C(C)NCc1cncs1. The number of hydrogen-bond donors (Lipinski definition) is 2. The Hall–Kier alpha value is -0.940. The quantitative estimate of drug-likeness (QED) is 0.712. The predicted molar refractivity (Wildman–Crippen MR) is 66.3 cm³/mol. The molecule has 0 aromatic carbocycles. The van der Waals surface area contributed by atoms with Crippen LogP contribution in [-0.4, -0.2) is 23.5 Å². The molecule has 0 bridgehead atoms. The molecule has 0 radical (unpaired) electrons. The van der Waals surface area contributed by atoms with Gasteiger partial charge in [0.05, 0.1) is 11.6 Å². The zero-order valence-electron chi connectivity index (χ0n) is 9.82. The Labute approximate surface area is 100 Å². The number of unbranched alkanes of at least 4 members (excludes halogenated alkanes) is 1. The molecule has 16 heavy (non-hydrogen) atoms. The van der Waals surface area contributed by atoms with Gasteiger partial charge in [0.2, 0.25) is 5.91 Å². The van der Waals surface area contributed by atoms with E-state index in [9.17, 15) is 4.79 Å². The highest BCUT2D eigenvalue weighted by Crippen LogP contribution is 2.04. The maximum atomic E-state index is 11.6. The average molecular weight is 241 g/mol. The van der Waals surface area contributed by atoms with E-state index in [0.29, 0.717) is 6.54 Å². The molecule has 0 aliphatic heterocycles. The van der Waals surface area contributed by atoms with E-state index in [0.717, 1.165) is 24.3 Å². The van der Waals surface area contributed by atoms with Gasteiger partial charge in [-0.15, -0.1) is 11.3 Å². The van der Waals surface area contributed by atoms with Gasteiger partial charge >= 0.3 is 0 Å². The van der Waals surface area contributed by atoms with Crippen LogP contribution in [0.25, 0.3) is 0 Å². The summed E-state index contributed by atoms with van der Waals surface area (Å²) in [6.45, 7) is 5.45. The highest BCUT2D eigenvalue weighted by atomic mass is 32.1. The van der Waals surface area contributed by atoms with Crippen molar-refractivity contribution in [2.45, 2.75) is 39.3 Å². The summed E-state index contributed by atoms with van der Waals surface area (Å²) in [6.07, 6.45) is 3.95. The summed E-state index contributed by atoms with van der Waals surface area (Å²) in [6, 6.07) is -0.154. The molecule has 0 saturated heterocycles. The third kappa shape index (κ3) is 4.72. The van der Waals surface area contributed by atoms with Crippen LogP contribution in [0.2, 0.25) is 0 Å². The van der Waals surface area contributed by atoms with Crippen LogP contribution >= 0.6 is 11.3 Å². The van der Waals surface area contributed by atoms with Gasteiger partial charge in [0, 0.05) is 24.2 Å². The van der Waals surface area contributed by atoms with Crippen molar-refractivity contribution >= 4 is 17.2 Å². The summed E-state index contributed by atoms with van der Waals surface area (Å²) < 4.78 is 0. The fourth-order valence-electron chi connectivity index (χ4n) is 1.22. The maximum absolute atomic E-state index is 11.6. The van der Waals surface area contributed by atoms with Crippen LogP contribution in [0.5, 0.6) is 0 Å². The lowest BCUT2D eigenvalue weighted by Gasteiger charge is -2.12. The minimum atomic E-state index is -0.154. The molecule has 0 spiro atoms. The van der Waals surface area contributed by atoms with Crippen molar-refractivity contribution in [3.63, 3.8) is 0 Å². The minimum Gasteiger partial charge on any atom is -0.355 e. The average Bonchev–Trinajstić information content (AvgIpc) is 2.79. The van der Waals surface area contributed by atoms with E-state index >= 15 is 0 Å². The normalized spacial score (nSPS) is 12.4. The third-order valence-electron chi connectivity index (χ3n) is 2.29. The molecule has 1 aromatic heterocycles. The topological polar surface area (TPSA) is 54.0 Å². The first-order valence-corrected chi connectivity index (χ1v) is 6.50. The molecule has 4 nitrogen and oxygen atoms in total. The molecular formula is C11H19N3OS. The van der Waals surface area contributed by atoms with Crippen LogP contribution in [-0.2, 0) is 11.3 Å². The molecule has 1 atom stereocenters. The van der Waals surface area contributed by atoms with E-state index in [1.54, 1.807) is 16.8 Å². The van der Waals surface area contributed by atoms with Crippen LogP contribution in [0, 0.1) is 0 Å². The second-order valence-electron chi connectivity index (χ2n) is 3.71. The van der Waals surface area contributed by atoms with Crippen molar-refractivity contribution in [2.75, 3.05) is 6.54 Å². The number of nitrogens with one attached hydrogen (secondary N) is 2. The highest BCUT2D eigenvalue weighted by Gasteiger charge is 2.11. The Kier molecular flexibility index (Phi) is 6.03. The van der Waals surface area contributed by atoms with Crippen molar-refractivity contribution < 1.29 is 4.79 Å². The van der Waals surface area contributed by atoms with Gasteiger partial charge in [-0.2, -0.15) is 0 Å². The van der Waals surface area contributed by atoms with Crippen LogP contribution < -0.4 is 10.6 Å². The smallest absolute Gasteiger partial charge is 0.236 e. The molecule has 90 valence electrons. The third-order valence-corrected chi connectivity index (χ3v) is 3.07. The molecule has 0 aliphatic rings. The second-order valence-corrected chi connectivity index (χ2v) is 4.69. The maximum Gasteiger partial charge on any atom is 0.236 e. The van der Waals surface area contributed by atoms with E-state index in [1.807, 2.05) is 13.1 Å². The van der Waals surface area contributed by atoms with Gasteiger partial charge in [-0.05, 0) is 13.3 Å². The van der Waals surface area contributed by atoms with Gasteiger partial charge in [-0.1, -0.05) is 13.3 Å². The van der Waals surface area contributed by atoms with Gasteiger partial charge in [0.15, 0.2) is 0 Å². The first-order chi connectivity index (χ1) is 7.74. The van der Waals surface area contributed by atoms with Gasteiger partial charge < -0.3 is 10.6 Å². The Morgan fingerprint density at radius 2 is 2.44 bits per heavy atom. The van der Waals surface area contributed by atoms with Crippen molar-refractivity contribution in [1.82, 2.24) is 15.6 Å². The number of aromatic nitrogens is 1. The molecule has 2 N–H and O–H groups in total. The van der Waals surface area contributed by atoms with Gasteiger partial charge in [0.1, 0.15) is 0 Å². The van der Waals surface area contributed by atoms with Crippen LogP contribution in [0.1, 0.15) is 31.6 Å².